The zero-order chi connectivity index (χ0) is 17.4. The van der Waals surface area contributed by atoms with Crippen LogP contribution in [0.5, 0.6) is 0 Å². The van der Waals surface area contributed by atoms with Crippen LogP contribution in [0.3, 0.4) is 0 Å². The summed E-state index contributed by atoms with van der Waals surface area (Å²) in [5, 5.41) is 7.46. The van der Waals surface area contributed by atoms with Crippen LogP contribution in [0.2, 0.25) is 0 Å². The summed E-state index contributed by atoms with van der Waals surface area (Å²) in [6.45, 7) is 7.59. The van der Waals surface area contributed by atoms with Crippen LogP contribution >= 0.6 is 0 Å². The molecule has 2 N–H and O–H groups in total. The van der Waals surface area contributed by atoms with Crippen molar-refractivity contribution in [2.45, 2.75) is 76.1 Å². The molecule has 0 radical (unpaired) electrons. The van der Waals surface area contributed by atoms with Gasteiger partial charge in [0.2, 0.25) is 0 Å². The first kappa shape index (κ1) is 19.7. The maximum Gasteiger partial charge on any atom is 0.191 e. The zero-order valence-electron chi connectivity index (χ0n) is 15.7. The molecule has 0 aromatic heterocycles. The van der Waals surface area contributed by atoms with Crippen LogP contribution in [0, 0.1) is 0 Å². The number of hydrogen-bond acceptors (Lipinski definition) is 3. The Morgan fingerprint density at radius 3 is 2.75 bits per heavy atom. The van der Waals surface area contributed by atoms with Crippen molar-refractivity contribution in [3.63, 3.8) is 0 Å². The monoisotopic (exact) mass is 356 g/mol. The van der Waals surface area contributed by atoms with Crippen LogP contribution in [-0.2, 0) is 10.8 Å². The number of nitrogens with zero attached hydrogens (tertiary/aromatic N) is 2. The Morgan fingerprint density at radius 1 is 1.21 bits per heavy atom. The van der Waals surface area contributed by atoms with E-state index in [4.69, 9.17) is 0 Å². The molecule has 2 rings (SSSR count). The van der Waals surface area contributed by atoms with E-state index in [9.17, 15) is 4.21 Å². The summed E-state index contributed by atoms with van der Waals surface area (Å²) >= 11 is 0. The third-order valence-electron chi connectivity index (χ3n) is 5.51. The molecular formula is C18H36N4OS. The lowest BCUT2D eigenvalue weighted by Crippen LogP contribution is -2.51. The summed E-state index contributed by atoms with van der Waals surface area (Å²) in [6.07, 6.45) is 8.37. The van der Waals surface area contributed by atoms with Crippen LogP contribution in [0.25, 0.3) is 0 Å². The van der Waals surface area contributed by atoms with Gasteiger partial charge in [-0.05, 0) is 45.2 Å². The normalized spacial score (nSPS) is 30.8. The van der Waals surface area contributed by atoms with Crippen LogP contribution in [0.4, 0.5) is 0 Å². The fourth-order valence-electron chi connectivity index (χ4n) is 4.06. The average molecular weight is 357 g/mol. The molecular weight excluding hydrogens is 320 g/mol. The molecule has 0 aromatic carbocycles. The maximum absolute atomic E-state index is 12.1. The topological polar surface area (TPSA) is 56.7 Å². The van der Waals surface area contributed by atoms with Crippen LogP contribution in [-0.4, -0.2) is 64.8 Å². The second kappa shape index (κ2) is 10.4. The van der Waals surface area contributed by atoms with Gasteiger partial charge in [0.15, 0.2) is 5.96 Å². The predicted octanol–water partition coefficient (Wildman–Crippen LogP) is 2.11. The van der Waals surface area contributed by atoms with Crippen LogP contribution < -0.4 is 10.6 Å². The lowest BCUT2D eigenvalue weighted by Gasteiger charge is -2.36. The molecule has 1 aliphatic heterocycles. The molecule has 1 saturated carbocycles. The highest BCUT2D eigenvalue weighted by molar-refractivity contribution is 7.85. The van der Waals surface area contributed by atoms with E-state index < -0.39 is 10.8 Å². The van der Waals surface area contributed by atoms with Gasteiger partial charge in [-0.2, -0.15) is 0 Å². The smallest absolute Gasteiger partial charge is 0.191 e. The largest absolute Gasteiger partial charge is 0.355 e. The molecule has 24 heavy (non-hydrogen) atoms. The number of likely N-dealkylation sites (N-methyl/N-ethyl adjacent to an activating group) is 1. The zero-order valence-corrected chi connectivity index (χ0v) is 16.5. The fraction of sp³-hybridized carbons (Fsp3) is 0.944. The molecule has 4 atom stereocenters. The van der Waals surface area contributed by atoms with E-state index in [0.29, 0.717) is 17.3 Å². The Morgan fingerprint density at radius 2 is 2.04 bits per heavy atom. The van der Waals surface area contributed by atoms with Crippen LogP contribution in [0.1, 0.15) is 58.8 Å². The fourth-order valence-corrected chi connectivity index (χ4v) is 5.41. The maximum atomic E-state index is 12.1. The Balaban J connectivity index is 1.80. The molecule has 0 amide bonds. The van der Waals surface area contributed by atoms with Gasteiger partial charge in [0.1, 0.15) is 0 Å². The van der Waals surface area contributed by atoms with Crippen molar-refractivity contribution in [2.75, 3.05) is 32.4 Å². The van der Waals surface area contributed by atoms with Gasteiger partial charge < -0.3 is 10.6 Å². The molecule has 0 bridgehead atoms. The van der Waals surface area contributed by atoms with Crippen molar-refractivity contribution in [1.82, 2.24) is 15.5 Å². The van der Waals surface area contributed by atoms with Gasteiger partial charge in [-0.1, -0.05) is 26.7 Å². The van der Waals surface area contributed by atoms with E-state index in [-0.39, 0.29) is 0 Å². The summed E-state index contributed by atoms with van der Waals surface area (Å²) in [6, 6.07) is 1.02. The molecule has 1 saturated heterocycles. The third kappa shape index (κ3) is 5.73. The number of guanidine groups is 1. The van der Waals surface area contributed by atoms with Gasteiger partial charge in [-0.15, -0.1) is 0 Å². The highest BCUT2D eigenvalue weighted by Gasteiger charge is 2.26. The predicted molar refractivity (Wildman–Crippen MR) is 104 cm³/mol. The Bertz CT molecular complexity index is 429. The molecule has 2 fully saturated rings. The van der Waals surface area contributed by atoms with E-state index in [1.54, 1.807) is 0 Å². The number of likely N-dealkylation sites (tertiary alicyclic amines) is 1. The summed E-state index contributed by atoms with van der Waals surface area (Å²) in [5.74, 6) is 1.68. The highest BCUT2D eigenvalue weighted by Crippen LogP contribution is 2.23. The Kier molecular flexibility index (Phi) is 8.53. The number of hydrogen-bond donors (Lipinski definition) is 2. The van der Waals surface area contributed by atoms with E-state index in [1.165, 1.54) is 25.8 Å². The quantitative estimate of drug-likeness (QED) is 0.565. The summed E-state index contributed by atoms with van der Waals surface area (Å²) in [4.78, 5) is 6.98. The number of aliphatic imine (C=N–C) groups is 1. The summed E-state index contributed by atoms with van der Waals surface area (Å²) in [5.41, 5.74) is 0. The minimum Gasteiger partial charge on any atom is -0.355 e. The molecule has 6 heteroatoms. The first-order valence-electron chi connectivity index (χ1n) is 9.76. The van der Waals surface area contributed by atoms with Crippen molar-refractivity contribution in [2.24, 2.45) is 4.99 Å². The van der Waals surface area contributed by atoms with Gasteiger partial charge >= 0.3 is 0 Å². The number of rotatable bonds is 6. The van der Waals surface area contributed by atoms with Gasteiger partial charge in [0.25, 0.3) is 0 Å². The molecule has 140 valence electrons. The second-order valence-corrected chi connectivity index (χ2v) is 9.04. The summed E-state index contributed by atoms with van der Waals surface area (Å²) < 4.78 is 12.1. The van der Waals surface area contributed by atoms with Crippen molar-refractivity contribution in [3.05, 3.63) is 0 Å². The molecule has 1 heterocycles. The average Bonchev–Trinajstić information content (AvgIpc) is 2.64. The molecule has 0 spiro atoms. The SMILES string of the molecule is CCN1CCCCC1CNC(=NC)NC1CCCC(S(=O)CC)C1. The molecule has 1 aliphatic carbocycles. The highest BCUT2D eigenvalue weighted by atomic mass is 32.2. The van der Waals surface area contributed by atoms with E-state index in [1.807, 2.05) is 14.0 Å². The standard InChI is InChI=1S/C18H36N4OS/c1-4-22-12-7-6-10-16(22)14-20-18(19-3)21-15-9-8-11-17(13-15)24(23)5-2/h15-17H,4-14H2,1-3H3,(H2,19,20,21). The van der Waals surface area contributed by atoms with Crippen molar-refractivity contribution < 1.29 is 4.21 Å². The van der Waals surface area contributed by atoms with Crippen molar-refractivity contribution in [3.8, 4) is 0 Å². The van der Waals surface area contributed by atoms with Gasteiger partial charge in [0, 0.05) is 47.5 Å². The third-order valence-corrected chi connectivity index (χ3v) is 7.25. The minimum absolute atomic E-state index is 0.355. The van der Waals surface area contributed by atoms with Gasteiger partial charge in [-0.3, -0.25) is 14.1 Å². The first-order valence-corrected chi connectivity index (χ1v) is 11.1. The molecule has 0 aromatic rings. The number of piperidine rings is 1. The van der Waals surface area contributed by atoms with Crippen molar-refractivity contribution >= 4 is 16.8 Å². The molecule has 2 aliphatic rings. The Hall–Kier alpha value is -0.620. The van der Waals surface area contributed by atoms with E-state index in [0.717, 1.165) is 50.5 Å². The second-order valence-electron chi connectivity index (χ2n) is 7.03. The summed E-state index contributed by atoms with van der Waals surface area (Å²) in [7, 11) is 1.17. The van der Waals surface area contributed by atoms with Crippen molar-refractivity contribution in [1.29, 1.82) is 0 Å². The Labute approximate surface area is 150 Å². The molecule has 4 unspecified atom stereocenters. The van der Waals surface area contributed by atoms with Gasteiger partial charge in [0.05, 0.1) is 0 Å². The molecule has 5 nitrogen and oxygen atoms in total. The van der Waals surface area contributed by atoms with E-state index >= 15 is 0 Å². The lowest BCUT2D eigenvalue weighted by atomic mass is 9.95. The lowest BCUT2D eigenvalue weighted by molar-refractivity contribution is 0.157. The van der Waals surface area contributed by atoms with E-state index in [2.05, 4.69) is 27.4 Å². The van der Waals surface area contributed by atoms with Gasteiger partial charge in [-0.25, -0.2) is 0 Å². The number of nitrogens with one attached hydrogen (secondary N) is 2. The van der Waals surface area contributed by atoms with Crippen LogP contribution in [0.15, 0.2) is 4.99 Å². The minimum atomic E-state index is -0.671. The first-order chi connectivity index (χ1) is 11.7.